The molecular weight excluding hydrogens is 994 g/mol. The Morgan fingerprint density at radius 3 is 1.54 bits per heavy atom. The smallest absolute Gasteiger partial charge is 0.252 e. The summed E-state index contributed by atoms with van der Waals surface area (Å²) in [6.07, 6.45) is 10.6. The molecule has 4 aliphatic carbocycles. The predicted molar refractivity (Wildman–Crippen MR) is 350 cm³/mol. The molecule has 420 valence electrons. The first-order chi connectivity index (χ1) is 38.4. The lowest BCUT2D eigenvalue weighted by Gasteiger charge is -2.51. The summed E-state index contributed by atoms with van der Waals surface area (Å²) < 4.78 is 6.64. The minimum absolute atomic E-state index is 0.00647. The zero-order chi connectivity index (χ0) is 57.6. The van der Waals surface area contributed by atoms with Gasteiger partial charge in [-0.3, -0.25) is 0 Å². The summed E-state index contributed by atoms with van der Waals surface area (Å²) in [6.45, 7) is 42.4. The van der Waals surface area contributed by atoms with Crippen LogP contribution in [0, 0.1) is 0 Å². The van der Waals surface area contributed by atoms with Crippen LogP contribution in [0.4, 0.5) is 45.5 Å². The molecule has 1 fully saturated rings. The summed E-state index contributed by atoms with van der Waals surface area (Å²) in [5.74, 6) is 0. The van der Waals surface area contributed by atoms with Gasteiger partial charge in [0.15, 0.2) is 0 Å². The molecule has 15 rings (SSSR count). The molecule has 0 radical (unpaired) electrons. The highest BCUT2D eigenvalue weighted by Crippen LogP contribution is 2.63. The number of rotatable bonds is 3. The lowest BCUT2D eigenvalue weighted by atomic mass is 9.33. The average Bonchev–Trinajstić information content (AvgIpc) is 1.76. The molecule has 0 spiro atoms. The van der Waals surface area contributed by atoms with E-state index in [1.807, 2.05) is 0 Å². The van der Waals surface area contributed by atoms with E-state index >= 15 is 0 Å². The standard InChI is InChI=1S/C77H88BN3O/c1-69(2,3)46-24-28-61-58(36-46)76(16)30-20-21-31-77(76,17)81(61)49-39-64-68-65(40-49)80(48-25-27-52-53(38-48)71(6,7)33-32-70(52,4)5)62-43-56-54(72(8,9)34-35-73(56,10)11)41-59(62)78(68)60-42-55-57(75(14,15)45-74(55,12)13)44-63(60)79(64)47-26-29-67-51(37-47)50-22-18-19-23-66(50)82-67/h18-19,22-29,36-44H,20-21,30-35,45H2,1-17H3. The molecule has 82 heavy (non-hydrogen) atoms. The molecule has 2 atom stereocenters. The number of anilines is 8. The molecule has 0 N–H and O–H groups in total. The molecule has 8 aromatic rings. The Labute approximate surface area is 491 Å². The summed E-state index contributed by atoms with van der Waals surface area (Å²) in [7, 11) is 0. The summed E-state index contributed by atoms with van der Waals surface area (Å²) in [5, 5.41) is 2.31. The molecule has 0 amide bonds. The van der Waals surface area contributed by atoms with Crippen LogP contribution < -0.4 is 31.1 Å². The normalized spacial score (nSPS) is 24.3. The van der Waals surface area contributed by atoms with E-state index in [-0.39, 0.29) is 55.6 Å². The number of para-hydroxylation sites is 1. The Morgan fingerprint density at radius 1 is 0.402 bits per heavy atom. The van der Waals surface area contributed by atoms with Gasteiger partial charge in [0.25, 0.3) is 6.71 Å². The SMILES string of the molecule is CC(C)(C)c1ccc2c(c1)C1(C)CCCCC1(C)N2c1cc2c3c(c1)N(c1ccc4oc5ccccc5c4c1)c1cc4c(cc1B3c1cc3c(cc1N2c1ccc2c(c1)C(C)(C)CCC2(C)C)C(C)(C)CCC3(C)C)C(C)(C)CC4(C)C. The molecule has 3 aliphatic heterocycles. The second kappa shape index (κ2) is 16.4. The topological polar surface area (TPSA) is 22.9 Å². The fourth-order valence-corrected chi connectivity index (χ4v) is 18.4. The third-order valence-electron chi connectivity index (χ3n) is 23.4. The summed E-state index contributed by atoms with van der Waals surface area (Å²) >= 11 is 0. The van der Waals surface area contributed by atoms with Crippen LogP contribution in [0.5, 0.6) is 0 Å². The second-order valence-electron chi connectivity index (χ2n) is 32.5. The molecule has 7 aliphatic rings. The van der Waals surface area contributed by atoms with Crippen molar-refractivity contribution in [2.24, 2.45) is 0 Å². The minimum atomic E-state index is -0.166. The summed E-state index contributed by atoms with van der Waals surface area (Å²) in [6, 6.07) is 47.2. The largest absolute Gasteiger partial charge is 0.456 e. The van der Waals surface area contributed by atoms with Crippen molar-refractivity contribution in [3.8, 4) is 0 Å². The van der Waals surface area contributed by atoms with Crippen LogP contribution in [0.25, 0.3) is 21.9 Å². The van der Waals surface area contributed by atoms with Gasteiger partial charge in [-0.15, -0.1) is 0 Å². The van der Waals surface area contributed by atoms with Crippen LogP contribution in [0.3, 0.4) is 0 Å². The van der Waals surface area contributed by atoms with E-state index in [0.29, 0.717) is 0 Å². The van der Waals surface area contributed by atoms with Crippen molar-refractivity contribution in [3.05, 3.63) is 160 Å². The van der Waals surface area contributed by atoms with Crippen molar-refractivity contribution < 1.29 is 4.42 Å². The zero-order valence-electron chi connectivity index (χ0n) is 52.7. The molecule has 1 aromatic heterocycles. The van der Waals surface area contributed by atoms with Crippen molar-refractivity contribution in [1.29, 1.82) is 0 Å². The predicted octanol–water partition coefficient (Wildman–Crippen LogP) is 19.4. The molecule has 4 heterocycles. The van der Waals surface area contributed by atoms with E-state index in [1.165, 1.54) is 145 Å². The molecule has 2 unspecified atom stereocenters. The molecule has 1 saturated carbocycles. The monoisotopic (exact) mass is 1080 g/mol. The third-order valence-corrected chi connectivity index (χ3v) is 23.4. The quantitative estimate of drug-likeness (QED) is 0.165. The van der Waals surface area contributed by atoms with Gasteiger partial charge in [0.2, 0.25) is 0 Å². The van der Waals surface area contributed by atoms with Gasteiger partial charge in [0.05, 0.1) is 5.54 Å². The lowest BCUT2D eigenvalue weighted by molar-refractivity contribution is 0.195. The van der Waals surface area contributed by atoms with Crippen LogP contribution in [0.1, 0.15) is 220 Å². The Hall–Kier alpha value is -6.20. The Morgan fingerprint density at radius 2 is 0.915 bits per heavy atom. The Bertz CT molecular complexity index is 4100. The van der Waals surface area contributed by atoms with E-state index in [9.17, 15) is 0 Å². The summed E-state index contributed by atoms with van der Waals surface area (Å²) in [5.41, 5.74) is 28.4. The highest BCUT2D eigenvalue weighted by Gasteiger charge is 2.59. The Kier molecular flexibility index (Phi) is 10.5. The maximum Gasteiger partial charge on any atom is 0.252 e. The van der Waals surface area contributed by atoms with Crippen LogP contribution in [0.2, 0.25) is 0 Å². The van der Waals surface area contributed by atoms with Crippen LogP contribution >= 0.6 is 0 Å². The number of furan rings is 1. The van der Waals surface area contributed by atoms with E-state index in [4.69, 9.17) is 4.42 Å². The first-order valence-electron chi connectivity index (χ1n) is 31.6. The van der Waals surface area contributed by atoms with Gasteiger partial charge in [-0.25, -0.2) is 0 Å². The van der Waals surface area contributed by atoms with E-state index in [0.717, 1.165) is 41.2 Å². The maximum atomic E-state index is 6.64. The number of benzene rings is 7. The first kappa shape index (κ1) is 52.6. The first-order valence-corrected chi connectivity index (χ1v) is 31.6. The molecule has 4 nitrogen and oxygen atoms in total. The van der Waals surface area contributed by atoms with Gasteiger partial charge in [0, 0.05) is 61.7 Å². The molecule has 5 heteroatoms. The number of hydrogen-bond acceptors (Lipinski definition) is 4. The number of fused-ring (bicyclic) bond motifs is 13. The molecule has 0 bridgehead atoms. The van der Waals surface area contributed by atoms with Gasteiger partial charge < -0.3 is 19.1 Å². The minimum Gasteiger partial charge on any atom is -0.456 e. The van der Waals surface area contributed by atoms with Gasteiger partial charge in [-0.05, 0) is 217 Å². The van der Waals surface area contributed by atoms with Crippen molar-refractivity contribution >= 4 is 90.5 Å². The zero-order valence-corrected chi connectivity index (χ0v) is 52.7. The van der Waals surface area contributed by atoms with Gasteiger partial charge >= 0.3 is 0 Å². The van der Waals surface area contributed by atoms with Crippen molar-refractivity contribution in [2.75, 3.05) is 14.7 Å². The third kappa shape index (κ3) is 7.04. The maximum absolute atomic E-state index is 6.64. The Balaban J connectivity index is 1.11. The molecular formula is C77H88BN3O. The fourth-order valence-electron chi connectivity index (χ4n) is 18.4. The summed E-state index contributed by atoms with van der Waals surface area (Å²) in [4.78, 5) is 8.40. The highest BCUT2D eigenvalue weighted by molar-refractivity contribution is 7.00. The van der Waals surface area contributed by atoms with Crippen molar-refractivity contribution in [3.63, 3.8) is 0 Å². The highest BCUT2D eigenvalue weighted by atomic mass is 16.3. The van der Waals surface area contributed by atoms with Crippen molar-refractivity contribution in [2.45, 2.75) is 224 Å². The number of nitrogens with zero attached hydrogens (tertiary/aromatic N) is 3. The van der Waals surface area contributed by atoms with Gasteiger partial charge in [0.1, 0.15) is 11.2 Å². The van der Waals surface area contributed by atoms with Crippen LogP contribution in [0.15, 0.2) is 120 Å². The number of hydrogen-bond donors (Lipinski definition) is 0. The van der Waals surface area contributed by atoms with E-state index in [1.54, 1.807) is 0 Å². The van der Waals surface area contributed by atoms with E-state index in [2.05, 4.69) is 248 Å². The lowest BCUT2D eigenvalue weighted by Crippen LogP contribution is -2.62. The van der Waals surface area contributed by atoms with E-state index < -0.39 is 0 Å². The second-order valence-corrected chi connectivity index (χ2v) is 32.5. The van der Waals surface area contributed by atoms with Crippen molar-refractivity contribution in [1.82, 2.24) is 0 Å². The molecule has 0 saturated heterocycles. The average molecular weight is 1080 g/mol. The fraction of sp³-hybridized carbons (Fsp3) is 0.455. The van der Waals surface area contributed by atoms with Crippen LogP contribution in [-0.4, -0.2) is 12.3 Å². The molecule has 7 aromatic carbocycles. The van der Waals surface area contributed by atoms with Gasteiger partial charge in [-0.2, -0.15) is 0 Å². The van der Waals surface area contributed by atoms with Gasteiger partial charge in [-0.1, -0.05) is 172 Å². The van der Waals surface area contributed by atoms with Crippen LogP contribution in [-0.2, 0) is 43.3 Å².